The summed E-state index contributed by atoms with van der Waals surface area (Å²) in [7, 11) is -2.32. The average molecular weight is 406 g/mol. The van der Waals surface area contributed by atoms with Crippen molar-refractivity contribution in [3.8, 4) is 5.75 Å². The van der Waals surface area contributed by atoms with E-state index in [0.29, 0.717) is 16.9 Å². The summed E-state index contributed by atoms with van der Waals surface area (Å²) in [5.41, 5.74) is -0.132. The fourth-order valence-electron chi connectivity index (χ4n) is 4.35. The van der Waals surface area contributed by atoms with E-state index in [0.717, 1.165) is 0 Å². The number of carbonyl (C=O) groups is 1. The molecule has 29 heavy (non-hydrogen) atoms. The van der Waals surface area contributed by atoms with Gasteiger partial charge >= 0.3 is 0 Å². The molecule has 2 heterocycles. The molecule has 3 aromatic rings. The molecule has 0 saturated carbocycles. The molecule has 0 bridgehead atoms. The first-order chi connectivity index (χ1) is 14.0. The number of benzene rings is 3. The summed E-state index contributed by atoms with van der Waals surface area (Å²) in [5.74, 6) is 0.248. The Hall–Kier alpha value is -2.96. The second-order valence-electron chi connectivity index (χ2n) is 7.19. The van der Waals surface area contributed by atoms with E-state index in [1.807, 2.05) is 18.2 Å². The Balaban J connectivity index is 1.77. The molecule has 0 amide bonds. The van der Waals surface area contributed by atoms with E-state index < -0.39 is 26.8 Å². The molecule has 6 heteroatoms. The van der Waals surface area contributed by atoms with Gasteiger partial charge in [0.15, 0.2) is 15.4 Å². The van der Waals surface area contributed by atoms with Crippen molar-refractivity contribution < 1.29 is 22.7 Å². The van der Waals surface area contributed by atoms with Crippen molar-refractivity contribution in [2.75, 3.05) is 7.11 Å². The first-order valence-electron chi connectivity index (χ1n) is 9.25. The lowest BCUT2D eigenvalue weighted by atomic mass is 9.84. The van der Waals surface area contributed by atoms with Crippen molar-refractivity contribution in [3.05, 3.63) is 95.6 Å². The standard InChI is InChI=1S/C23H18O5S/c1-27-18-13-7-5-11-16(18)21-23(28-21)20(24)17-12-6-8-14-19(17)29(25,26)22(23)15-9-3-2-4-10-15/h2-14,21-22H,1H3/t21-,22-,23-/m0/s1. The van der Waals surface area contributed by atoms with Gasteiger partial charge in [-0.05, 0) is 23.8 Å². The van der Waals surface area contributed by atoms with Crippen LogP contribution < -0.4 is 4.74 Å². The number of para-hydroxylation sites is 1. The van der Waals surface area contributed by atoms with Crippen LogP contribution in [0.25, 0.3) is 0 Å². The van der Waals surface area contributed by atoms with Crippen LogP contribution in [0.5, 0.6) is 5.75 Å². The quantitative estimate of drug-likeness (QED) is 0.617. The predicted molar refractivity (Wildman–Crippen MR) is 107 cm³/mol. The van der Waals surface area contributed by atoms with Crippen LogP contribution >= 0.6 is 0 Å². The van der Waals surface area contributed by atoms with Crippen molar-refractivity contribution in [1.82, 2.24) is 0 Å². The number of Topliss-reactive ketones (excluding diaryl/α,β-unsaturated/α-hetero) is 1. The number of ether oxygens (including phenoxy) is 2. The Morgan fingerprint density at radius 3 is 2.31 bits per heavy atom. The van der Waals surface area contributed by atoms with Crippen LogP contribution in [-0.4, -0.2) is 26.9 Å². The van der Waals surface area contributed by atoms with Gasteiger partial charge in [-0.3, -0.25) is 4.79 Å². The van der Waals surface area contributed by atoms with E-state index in [4.69, 9.17) is 9.47 Å². The van der Waals surface area contributed by atoms with Crippen LogP contribution in [-0.2, 0) is 14.6 Å². The van der Waals surface area contributed by atoms with Crippen molar-refractivity contribution in [1.29, 1.82) is 0 Å². The van der Waals surface area contributed by atoms with E-state index in [1.165, 1.54) is 13.2 Å². The van der Waals surface area contributed by atoms with Gasteiger partial charge in [0.05, 0.1) is 12.0 Å². The summed E-state index contributed by atoms with van der Waals surface area (Å²) in [5, 5.41) is -1.13. The molecule has 146 valence electrons. The normalized spacial score (nSPS) is 26.7. The fourth-order valence-corrected chi connectivity index (χ4v) is 6.61. The molecule has 0 unspecified atom stereocenters. The number of ketones is 1. The van der Waals surface area contributed by atoms with Crippen LogP contribution in [0.2, 0.25) is 0 Å². The van der Waals surface area contributed by atoms with Crippen molar-refractivity contribution in [3.63, 3.8) is 0 Å². The van der Waals surface area contributed by atoms with Gasteiger partial charge in [0.2, 0.25) is 5.78 Å². The van der Waals surface area contributed by atoms with Crippen LogP contribution in [0.1, 0.15) is 32.8 Å². The van der Waals surface area contributed by atoms with Crippen LogP contribution in [0.3, 0.4) is 0 Å². The van der Waals surface area contributed by atoms with Gasteiger partial charge in [0.25, 0.3) is 0 Å². The Morgan fingerprint density at radius 1 is 0.897 bits per heavy atom. The summed E-state index contributed by atoms with van der Waals surface area (Å²) in [6.45, 7) is 0. The van der Waals surface area contributed by atoms with Crippen molar-refractivity contribution in [2.24, 2.45) is 0 Å². The number of fused-ring (bicyclic) bond motifs is 1. The zero-order valence-electron chi connectivity index (χ0n) is 15.6. The van der Waals surface area contributed by atoms with E-state index >= 15 is 0 Å². The largest absolute Gasteiger partial charge is 0.496 e. The molecular formula is C23H18O5S. The predicted octanol–water partition coefficient (Wildman–Crippen LogP) is 3.92. The van der Waals surface area contributed by atoms with Crippen molar-refractivity contribution >= 4 is 15.6 Å². The van der Waals surface area contributed by atoms with Crippen LogP contribution in [0.15, 0.2) is 83.8 Å². The van der Waals surface area contributed by atoms with Gasteiger partial charge in [-0.2, -0.15) is 0 Å². The molecule has 0 aromatic heterocycles. The molecule has 0 radical (unpaired) electrons. The average Bonchev–Trinajstić information content (AvgIpc) is 3.48. The minimum atomic E-state index is -3.86. The van der Waals surface area contributed by atoms with E-state index in [9.17, 15) is 13.2 Å². The van der Waals surface area contributed by atoms with Crippen LogP contribution in [0.4, 0.5) is 0 Å². The second kappa shape index (κ2) is 6.27. The molecule has 0 N–H and O–H groups in total. The fraction of sp³-hybridized carbons (Fsp3) is 0.174. The van der Waals surface area contributed by atoms with E-state index in [2.05, 4.69) is 0 Å². The number of hydrogen-bond acceptors (Lipinski definition) is 5. The van der Waals surface area contributed by atoms with Crippen molar-refractivity contribution in [2.45, 2.75) is 21.9 Å². The first-order valence-corrected chi connectivity index (χ1v) is 10.8. The second-order valence-corrected chi connectivity index (χ2v) is 9.20. The third kappa shape index (κ3) is 2.42. The summed E-state index contributed by atoms with van der Waals surface area (Å²) < 4.78 is 38.8. The highest BCUT2D eigenvalue weighted by Crippen LogP contribution is 2.64. The summed E-state index contributed by atoms with van der Waals surface area (Å²) >= 11 is 0. The van der Waals surface area contributed by atoms with E-state index in [-0.39, 0.29) is 16.2 Å². The Bertz CT molecular complexity index is 1220. The van der Waals surface area contributed by atoms with Gasteiger partial charge in [0, 0.05) is 11.1 Å². The zero-order chi connectivity index (χ0) is 20.2. The molecule has 3 atom stereocenters. The van der Waals surface area contributed by atoms with Gasteiger partial charge in [-0.1, -0.05) is 60.7 Å². The first kappa shape index (κ1) is 18.1. The maximum atomic E-state index is 13.7. The Morgan fingerprint density at radius 2 is 1.55 bits per heavy atom. The minimum Gasteiger partial charge on any atom is -0.496 e. The number of methoxy groups -OCH3 is 1. The lowest BCUT2D eigenvalue weighted by molar-refractivity contribution is 0.0856. The monoisotopic (exact) mass is 406 g/mol. The zero-order valence-corrected chi connectivity index (χ0v) is 16.4. The number of hydrogen-bond donors (Lipinski definition) is 0. The highest BCUT2D eigenvalue weighted by molar-refractivity contribution is 7.92. The molecule has 1 fully saturated rings. The lowest BCUT2D eigenvalue weighted by Gasteiger charge is -2.30. The summed E-state index contributed by atoms with van der Waals surface area (Å²) in [4.78, 5) is 13.7. The molecule has 0 aliphatic carbocycles. The molecule has 5 rings (SSSR count). The summed E-state index contributed by atoms with van der Waals surface area (Å²) in [6, 6.07) is 22.4. The highest BCUT2D eigenvalue weighted by Gasteiger charge is 2.74. The molecule has 5 nitrogen and oxygen atoms in total. The maximum absolute atomic E-state index is 13.7. The van der Waals surface area contributed by atoms with E-state index in [1.54, 1.807) is 54.6 Å². The highest BCUT2D eigenvalue weighted by atomic mass is 32.2. The Kier molecular flexibility index (Phi) is 3.91. The molecular weight excluding hydrogens is 388 g/mol. The molecule has 1 saturated heterocycles. The maximum Gasteiger partial charge on any atom is 0.200 e. The molecule has 2 aliphatic heterocycles. The molecule has 2 aliphatic rings. The SMILES string of the molecule is COc1ccccc1[C@@H]1O[C@@]12C(=O)c1ccccc1S(=O)(=O)[C@H]2c1ccccc1. The number of rotatable bonds is 3. The third-order valence-corrected chi connectivity index (χ3v) is 7.87. The van der Waals surface area contributed by atoms with Gasteiger partial charge in [-0.15, -0.1) is 0 Å². The third-order valence-electron chi connectivity index (χ3n) is 5.66. The number of carbonyl (C=O) groups excluding carboxylic acids is 1. The van der Waals surface area contributed by atoms with Crippen LogP contribution in [0, 0.1) is 0 Å². The Labute approximate surface area is 168 Å². The van der Waals surface area contributed by atoms with Gasteiger partial charge < -0.3 is 9.47 Å². The topological polar surface area (TPSA) is 73.0 Å². The van der Waals surface area contributed by atoms with Gasteiger partial charge in [0.1, 0.15) is 17.1 Å². The molecule has 3 aromatic carbocycles. The number of epoxide rings is 1. The van der Waals surface area contributed by atoms with Gasteiger partial charge in [-0.25, -0.2) is 8.42 Å². The smallest absolute Gasteiger partial charge is 0.200 e. The molecule has 1 spiro atoms. The minimum absolute atomic E-state index is 0.0544. The lowest BCUT2D eigenvalue weighted by Crippen LogP contribution is -2.42. The summed E-state index contributed by atoms with van der Waals surface area (Å²) in [6.07, 6.45) is -0.709. The number of sulfone groups is 1.